The number of hydrogen-bond acceptors (Lipinski definition) is 3. The fourth-order valence-corrected chi connectivity index (χ4v) is 0.683. The van der Waals surface area contributed by atoms with E-state index < -0.39 is 6.23 Å². The Bertz CT molecular complexity index is 126. The van der Waals surface area contributed by atoms with Crippen molar-refractivity contribution in [3.05, 3.63) is 25.3 Å². The van der Waals surface area contributed by atoms with Gasteiger partial charge in [0.15, 0.2) is 0 Å². The van der Waals surface area contributed by atoms with Crippen LogP contribution in [-0.4, -0.2) is 31.1 Å². The molecule has 0 bridgehead atoms. The maximum atomic E-state index is 9.21. The predicted octanol–water partition coefficient (Wildman–Crippen LogP) is 0.673. The molecular weight excluding hydrogens is 154 g/mol. The van der Waals surface area contributed by atoms with Gasteiger partial charge in [0.25, 0.3) is 0 Å². The van der Waals surface area contributed by atoms with Crippen LogP contribution in [-0.2, 0) is 4.74 Å². The molecule has 0 radical (unpaired) electrons. The van der Waals surface area contributed by atoms with Gasteiger partial charge in [0.1, 0.15) is 6.23 Å². The van der Waals surface area contributed by atoms with Crippen molar-refractivity contribution < 1.29 is 9.84 Å². The van der Waals surface area contributed by atoms with E-state index in [1.165, 1.54) is 0 Å². The van der Waals surface area contributed by atoms with E-state index in [0.717, 1.165) is 0 Å². The highest BCUT2D eigenvalue weighted by atomic mass is 16.5. The average Bonchev–Trinajstić information content (AvgIpc) is 2.09. The van der Waals surface area contributed by atoms with E-state index in [1.54, 1.807) is 12.2 Å². The molecule has 0 saturated heterocycles. The Morgan fingerprint density at radius 2 is 2.17 bits per heavy atom. The summed E-state index contributed by atoms with van der Waals surface area (Å²) in [6.45, 7) is 8.72. The van der Waals surface area contributed by atoms with Gasteiger partial charge in [-0.1, -0.05) is 12.2 Å². The Labute approximate surface area is 73.7 Å². The summed E-state index contributed by atoms with van der Waals surface area (Å²) in [5, 5.41) is 12.1. The molecule has 0 heterocycles. The fourth-order valence-electron chi connectivity index (χ4n) is 0.683. The molecule has 0 spiro atoms. The van der Waals surface area contributed by atoms with E-state index in [4.69, 9.17) is 4.74 Å². The Morgan fingerprint density at radius 3 is 2.75 bits per heavy atom. The summed E-state index contributed by atoms with van der Waals surface area (Å²) in [5.74, 6) is 0. The van der Waals surface area contributed by atoms with Crippen LogP contribution in [0.4, 0.5) is 0 Å². The van der Waals surface area contributed by atoms with Crippen molar-refractivity contribution in [1.82, 2.24) is 5.32 Å². The molecule has 0 aliphatic heterocycles. The highest BCUT2D eigenvalue weighted by Gasteiger charge is 1.99. The standard InChI is InChI=1S/C9H17NO2/c1-3-6-10-9(11)5-8-12-7-4-2/h3-4,9-11H,1-2,5-8H2. The van der Waals surface area contributed by atoms with Gasteiger partial charge in [-0.05, 0) is 0 Å². The van der Waals surface area contributed by atoms with E-state index in [0.29, 0.717) is 26.2 Å². The molecule has 0 aromatic heterocycles. The molecule has 1 unspecified atom stereocenters. The van der Waals surface area contributed by atoms with Crippen LogP contribution in [0, 0.1) is 0 Å². The quantitative estimate of drug-likeness (QED) is 0.320. The molecule has 0 aliphatic carbocycles. The van der Waals surface area contributed by atoms with Crippen molar-refractivity contribution in [2.75, 3.05) is 19.8 Å². The van der Waals surface area contributed by atoms with Crippen molar-refractivity contribution in [1.29, 1.82) is 0 Å². The zero-order valence-electron chi connectivity index (χ0n) is 7.33. The summed E-state index contributed by atoms with van der Waals surface area (Å²) < 4.78 is 5.09. The molecular formula is C9H17NO2. The molecule has 0 saturated carbocycles. The summed E-state index contributed by atoms with van der Waals surface area (Å²) >= 11 is 0. The molecule has 12 heavy (non-hydrogen) atoms. The van der Waals surface area contributed by atoms with E-state index >= 15 is 0 Å². The molecule has 0 amide bonds. The molecule has 3 nitrogen and oxygen atoms in total. The third kappa shape index (κ3) is 7.47. The number of nitrogens with one attached hydrogen (secondary N) is 1. The van der Waals surface area contributed by atoms with Gasteiger partial charge in [0.05, 0.1) is 13.2 Å². The Balaban J connectivity index is 3.12. The van der Waals surface area contributed by atoms with E-state index in [2.05, 4.69) is 18.5 Å². The van der Waals surface area contributed by atoms with Crippen LogP contribution < -0.4 is 5.32 Å². The number of hydrogen-bond donors (Lipinski definition) is 2. The molecule has 3 heteroatoms. The van der Waals surface area contributed by atoms with Crippen molar-refractivity contribution in [3.63, 3.8) is 0 Å². The van der Waals surface area contributed by atoms with Crippen molar-refractivity contribution in [2.45, 2.75) is 12.6 Å². The lowest BCUT2D eigenvalue weighted by Crippen LogP contribution is -2.29. The van der Waals surface area contributed by atoms with Crippen LogP contribution >= 0.6 is 0 Å². The van der Waals surface area contributed by atoms with Gasteiger partial charge in [-0.25, -0.2) is 0 Å². The summed E-state index contributed by atoms with van der Waals surface area (Å²) in [6.07, 6.45) is 3.46. The maximum Gasteiger partial charge on any atom is 0.107 e. The minimum Gasteiger partial charge on any atom is -0.379 e. The second kappa shape index (κ2) is 8.46. The highest BCUT2D eigenvalue weighted by molar-refractivity contribution is 4.70. The molecule has 0 aliphatic rings. The first-order valence-electron chi connectivity index (χ1n) is 4.02. The maximum absolute atomic E-state index is 9.21. The third-order valence-corrected chi connectivity index (χ3v) is 1.27. The van der Waals surface area contributed by atoms with Crippen molar-refractivity contribution in [2.24, 2.45) is 0 Å². The zero-order chi connectivity index (χ0) is 9.23. The summed E-state index contributed by atoms with van der Waals surface area (Å²) in [7, 11) is 0. The van der Waals surface area contributed by atoms with Gasteiger partial charge in [0.2, 0.25) is 0 Å². The molecule has 1 atom stereocenters. The van der Waals surface area contributed by atoms with Crippen LogP contribution in [0.1, 0.15) is 6.42 Å². The van der Waals surface area contributed by atoms with Crippen LogP contribution in [0.25, 0.3) is 0 Å². The van der Waals surface area contributed by atoms with Gasteiger partial charge < -0.3 is 9.84 Å². The minimum absolute atomic E-state index is 0.507. The molecule has 0 aromatic rings. The van der Waals surface area contributed by atoms with Gasteiger partial charge >= 0.3 is 0 Å². The zero-order valence-corrected chi connectivity index (χ0v) is 7.33. The lowest BCUT2D eigenvalue weighted by Gasteiger charge is -2.10. The van der Waals surface area contributed by atoms with Crippen LogP contribution in [0.5, 0.6) is 0 Å². The van der Waals surface area contributed by atoms with Crippen LogP contribution in [0.15, 0.2) is 25.3 Å². The lowest BCUT2D eigenvalue weighted by molar-refractivity contribution is 0.0783. The molecule has 0 rings (SSSR count). The molecule has 2 N–H and O–H groups in total. The number of ether oxygens (including phenoxy) is 1. The van der Waals surface area contributed by atoms with Gasteiger partial charge in [-0.3, -0.25) is 5.32 Å². The normalized spacial score (nSPS) is 12.4. The van der Waals surface area contributed by atoms with Crippen molar-refractivity contribution in [3.8, 4) is 0 Å². The average molecular weight is 171 g/mol. The smallest absolute Gasteiger partial charge is 0.107 e. The highest BCUT2D eigenvalue weighted by Crippen LogP contribution is 1.88. The van der Waals surface area contributed by atoms with Gasteiger partial charge in [0, 0.05) is 13.0 Å². The van der Waals surface area contributed by atoms with Gasteiger partial charge in [-0.2, -0.15) is 0 Å². The van der Waals surface area contributed by atoms with E-state index in [9.17, 15) is 5.11 Å². The number of aliphatic hydroxyl groups excluding tert-OH is 1. The van der Waals surface area contributed by atoms with Gasteiger partial charge in [-0.15, -0.1) is 13.2 Å². The summed E-state index contributed by atoms with van der Waals surface area (Å²) in [4.78, 5) is 0. The lowest BCUT2D eigenvalue weighted by atomic mass is 10.4. The van der Waals surface area contributed by atoms with Crippen LogP contribution in [0.3, 0.4) is 0 Å². The molecule has 0 fully saturated rings. The number of rotatable bonds is 8. The molecule has 70 valence electrons. The Morgan fingerprint density at radius 1 is 1.42 bits per heavy atom. The first-order valence-corrected chi connectivity index (χ1v) is 4.02. The van der Waals surface area contributed by atoms with Crippen LogP contribution in [0.2, 0.25) is 0 Å². The number of aliphatic hydroxyl groups is 1. The second-order valence-corrected chi connectivity index (χ2v) is 2.36. The Kier molecular flexibility index (Phi) is 8.01. The second-order valence-electron chi connectivity index (χ2n) is 2.36. The topological polar surface area (TPSA) is 41.5 Å². The van der Waals surface area contributed by atoms with Crippen molar-refractivity contribution >= 4 is 0 Å². The first kappa shape index (κ1) is 11.4. The first-order chi connectivity index (χ1) is 5.81. The third-order valence-electron chi connectivity index (χ3n) is 1.27. The monoisotopic (exact) mass is 171 g/mol. The summed E-state index contributed by atoms with van der Waals surface area (Å²) in [6, 6.07) is 0. The predicted molar refractivity (Wildman–Crippen MR) is 49.8 cm³/mol. The Hall–Kier alpha value is -0.640. The molecule has 0 aromatic carbocycles. The van der Waals surface area contributed by atoms with E-state index in [-0.39, 0.29) is 0 Å². The van der Waals surface area contributed by atoms with E-state index in [1.807, 2.05) is 0 Å². The minimum atomic E-state index is -0.507. The largest absolute Gasteiger partial charge is 0.379 e. The summed E-state index contributed by atoms with van der Waals surface area (Å²) in [5.41, 5.74) is 0. The SMILES string of the molecule is C=CCNC(O)CCOCC=C. The fraction of sp³-hybridized carbons (Fsp3) is 0.556.